The first-order chi connectivity index (χ1) is 22.6. The Bertz CT molecular complexity index is 2240. The molecule has 7 rings (SSSR count). The molecule has 1 saturated heterocycles. The first kappa shape index (κ1) is 30.0. The van der Waals surface area contributed by atoms with Gasteiger partial charge < -0.3 is 24.3 Å². The number of carbonyl (C=O) groups excluding carboxylic acids is 2. The van der Waals surface area contributed by atoms with Crippen molar-refractivity contribution in [3.8, 4) is 5.69 Å². The van der Waals surface area contributed by atoms with Gasteiger partial charge in [0, 0.05) is 48.3 Å². The number of piperazine rings is 1. The summed E-state index contributed by atoms with van der Waals surface area (Å²) >= 11 is 0. The summed E-state index contributed by atoms with van der Waals surface area (Å²) < 4.78 is 13.1. The molecule has 10 heteroatoms. The molecule has 10 nitrogen and oxygen atoms in total. The molecule has 47 heavy (non-hydrogen) atoms. The van der Waals surface area contributed by atoms with Gasteiger partial charge >= 0.3 is 6.09 Å². The standard InChI is InChI=1S/C37H35N5O5/c1-23-12-13-24(39-34(43)28-10-7-9-27-26-8-5-6-11-32(26)46-33(27)28)20-31(23)42-22-38-30-15-14-25(21-29(30)35(42)44)40-16-18-41(19-17-40)36(45)47-37(2,3)4/h5-15,20-22H,16-19H2,1-4H3,(H,39,43). The lowest BCUT2D eigenvalue weighted by Crippen LogP contribution is -2.50. The van der Waals surface area contributed by atoms with Crippen LogP contribution in [0.4, 0.5) is 16.2 Å². The van der Waals surface area contributed by atoms with E-state index in [1.54, 1.807) is 17.0 Å². The second-order valence-corrected chi connectivity index (χ2v) is 12.8. The zero-order chi connectivity index (χ0) is 32.9. The number of benzene rings is 4. The van der Waals surface area contributed by atoms with Crippen LogP contribution in [0.3, 0.4) is 0 Å². The predicted molar refractivity (Wildman–Crippen MR) is 184 cm³/mol. The van der Waals surface area contributed by atoms with E-state index in [1.165, 1.54) is 10.9 Å². The number of hydrogen-bond donors (Lipinski definition) is 1. The number of nitrogens with one attached hydrogen (secondary N) is 1. The number of aromatic nitrogens is 2. The number of amides is 2. The largest absolute Gasteiger partial charge is 0.455 e. The summed E-state index contributed by atoms with van der Waals surface area (Å²) in [5.41, 5.74) is 4.36. The molecule has 6 aromatic rings. The van der Waals surface area contributed by atoms with Crippen molar-refractivity contribution in [2.45, 2.75) is 33.3 Å². The van der Waals surface area contributed by atoms with Crippen LogP contribution in [0.15, 0.2) is 94.4 Å². The average Bonchev–Trinajstić information content (AvgIpc) is 3.44. The highest BCUT2D eigenvalue weighted by Crippen LogP contribution is 2.31. The zero-order valence-corrected chi connectivity index (χ0v) is 26.7. The molecule has 0 saturated carbocycles. The number of nitrogens with zero attached hydrogens (tertiary/aromatic N) is 4. The molecule has 1 aliphatic rings. The Morgan fingerprint density at radius 3 is 2.43 bits per heavy atom. The van der Waals surface area contributed by atoms with E-state index in [2.05, 4.69) is 15.2 Å². The van der Waals surface area contributed by atoms with E-state index in [0.717, 1.165) is 27.6 Å². The van der Waals surface area contributed by atoms with Crippen LogP contribution < -0.4 is 15.8 Å². The highest BCUT2D eigenvalue weighted by atomic mass is 16.6. The van der Waals surface area contributed by atoms with Gasteiger partial charge in [0.2, 0.25) is 0 Å². The highest BCUT2D eigenvalue weighted by Gasteiger charge is 2.26. The molecule has 0 atom stereocenters. The van der Waals surface area contributed by atoms with Crippen LogP contribution in [-0.4, -0.2) is 58.2 Å². The van der Waals surface area contributed by atoms with Crippen LogP contribution in [-0.2, 0) is 4.74 Å². The maximum atomic E-state index is 13.9. The smallest absolute Gasteiger partial charge is 0.410 e. The second kappa shape index (κ2) is 11.6. The van der Waals surface area contributed by atoms with Crippen molar-refractivity contribution in [2.75, 3.05) is 36.4 Å². The molecule has 1 aliphatic heterocycles. The predicted octanol–water partition coefficient (Wildman–Crippen LogP) is 6.90. The number of ether oxygens (including phenoxy) is 1. The van der Waals surface area contributed by atoms with Crippen LogP contribution in [0.25, 0.3) is 38.5 Å². The van der Waals surface area contributed by atoms with Gasteiger partial charge in [0.25, 0.3) is 11.5 Å². The first-order valence-electron chi connectivity index (χ1n) is 15.6. The molecule has 1 N–H and O–H groups in total. The Labute approximate surface area is 271 Å². The van der Waals surface area contributed by atoms with Crippen molar-refractivity contribution in [3.05, 3.63) is 107 Å². The quantitative estimate of drug-likeness (QED) is 0.226. The fraction of sp³-hybridized carbons (Fsp3) is 0.243. The molecule has 4 aromatic carbocycles. The topological polar surface area (TPSA) is 110 Å². The monoisotopic (exact) mass is 629 g/mol. The third-order valence-corrected chi connectivity index (χ3v) is 8.41. The summed E-state index contributed by atoms with van der Waals surface area (Å²) in [6.07, 6.45) is 1.20. The molecule has 3 heterocycles. The number of fused-ring (bicyclic) bond motifs is 4. The van der Waals surface area contributed by atoms with E-state index in [0.29, 0.717) is 59.6 Å². The van der Waals surface area contributed by atoms with Gasteiger partial charge in [0.05, 0.1) is 22.2 Å². The van der Waals surface area contributed by atoms with Gasteiger partial charge in [-0.2, -0.15) is 0 Å². The lowest BCUT2D eigenvalue weighted by atomic mass is 10.1. The molecule has 2 aromatic heterocycles. The molecule has 0 unspecified atom stereocenters. The number of aryl methyl sites for hydroxylation is 1. The molecule has 1 fully saturated rings. The van der Waals surface area contributed by atoms with E-state index in [-0.39, 0.29) is 17.6 Å². The summed E-state index contributed by atoms with van der Waals surface area (Å²) in [5, 5.41) is 5.28. The maximum Gasteiger partial charge on any atom is 0.410 e. The van der Waals surface area contributed by atoms with E-state index in [1.807, 2.05) is 94.4 Å². The number of hydrogen-bond acceptors (Lipinski definition) is 7. The van der Waals surface area contributed by atoms with Crippen LogP contribution in [0, 0.1) is 6.92 Å². The Morgan fingerprint density at radius 2 is 1.64 bits per heavy atom. The molecule has 0 spiro atoms. The minimum atomic E-state index is -0.549. The van der Waals surface area contributed by atoms with Crippen molar-refractivity contribution < 1.29 is 18.7 Å². The fourth-order valence-electron chi connectivity index (χ4n) is 6.02. The van der Waals surface area contributed by atoms with Gasteiger partial charge in [-0.15, -0.1) is 0 Å². The van der Waals surface area contributed by atoms with Crippen molar-refractivity contribution in [1.82, 2.24) is 14.5 Å². The zero-order valence-electron chi connectivity index (χ0n) is 26.7. The Hall–Kier alpha value is -5.64. The van der Waals surface area contributed by atoms with E-state index in [9.17, 15) is 14.4 Å². The molecule has 0 aliphatic carbocycles. The SMILES string of the molecule is Cc1ccc(NC(=O)c2cccc3c2oc2ccccc23)cc1-n1cnc2ccc(N3CCN(C(=O)OC(C)(C)C)CC3)cc2c1=O. The number of anilines is 2. The molecular formula is C37H35N5O5. The van der Waals surface area contributed by atoms with Crippen LogP contribution in [0.5, 0.6) is 0 Å². The summed E-state index contributed by atoms with van der Waals surface area (Å²) in [7, 11) is 0. The van der Waals surface area contributed by atoms with Crippen LogP contribution in [0.2, 0.25) is 0 Å². The maximum absolute atomic E-state index is 13.9. The third-order valence-electron chi connectivity index (χ3n) is 8.41. The molecule has 238 valence electrons. The summed E-state index contributed by atoms with van der Waals surface area (Å²) in [6, 6.07) is 24.3. The first-order valence-corrected chi connectivity index (χ1v) is 15.6. The van der Waals surface area contributed by atoms with Gasteiger partial charge in [0.1, 0.15) is 23.1 Å². The van der Waals surface area contributed by atoms with Crippen LogP contribution >= 0.6 is 0 Å². The summed E-state index contributed by atoms with van der Waals surface area (Å²) in [5.74, 6) is -0.315. The minimum Gasteiger partial charge on any atom is -0.455 e. The van der Waals surface area contributed by atoms with Crippen molar-refractivity contribution in [3.63, 3.8) is 0 Å². The van der Waals surface area contributed by atoms with Crippen molar-refractivity contribution in [2.24, 2.45) is 0 Å². The number of carbonyl (C=O) groups is 2. The normalized spacial score (nSPS) is 13.8. The van der Waals surface area contributed by atoms with Gasteiger partial charge in [-0.3, -0.25) is 14.2 Å². The summed E-state index contributed by atoms with van der Waals surface area (Å²) in [6.45, 7) is 9.75. The Balaban J connectivity index is 1.14. The van der Waals surface area contributed by atoms with Crippen molar-refractivity contribution >= 4 is 56.2 Å². The lowest BCUT2D eigenvalue weighted by Gasteiger charge is -2.36. The van der Waals surface area contributed by atoms with Crippen LogP contribution in [0.1, 0.15) is 36.7 Å². The fourth-order valence-corrected chi connectivity index (χ4v) is 6.02. The Kier molecular flexibility index (Phi) is 7.43. The summed E-state index contributed by atoms with van der Waals surface area (Å²) in [4.78, 5) is 48.4. The number of furan rings is 1. The highest BCUT2D eigenvalue weighted by molar-refractivity contribution is 6.16. The lowest BCUT2D eigenvalue weighted by molar-refractivity contribution is 0.0240. The second-order valence-electron chi connectivity index (χ2n) is 12.8. The number of rotatable bonds is 4. The van der Waals surface area contributed by atoms with E-state index >= 15 is 0 Å². The van der Waals surface area contributed by atoms with Gasteiger partial charge in [0.15, 0.2) is 0 Å². The average molecular weight is 630 g/mol. The number of para-hydroxylation sites is 2. The molecule has 0 bridgehead atoms. The van der Waals surface area contributed by atoms with Gasteiger partial charge in [-0.1, -0.05) is 36.4 Å². The third kappa shape index (κ3) is 5.78. The Morgan fingerprint density at radius 1 is 0.872 bits per heavy atom. The molecule has 0 radical (unpaired) electrons. The molecular weight excluding hydrogens is 594 g/mol. The minimum absolute atomic E-state index is 0.220. The van der Waals surface area contributed by atoms with E-state index < -0.39 is 5.60 Å². The van der Waals surface area contributed by atoms with Gasteiger partial charge in [-0.05, 0) is 75.7 Å². The van der Waals surface area contributed by atoms with Crippen molar-refractivity contribution in [1.29, 1.82) is 0 Å². The van der Waals surface area contributed by atoms with E-state index in [4.69, 9.17) is 9.15 Å². The van der Waals surface area contributed by atoms with Gasteiger partial charge in [-0.25, -0.2) is 9.78 Å². The molecule has 2 amide bonds.